The number of imide groups is 2. The molecule has 2 saturated heterocycles. The summed E-state index contributed by atoms with van der Waals surface area (Å²) in [7, 11) is 0. The average Bonchev–Trinajstić information content (AvgIpc) is 3.93. The Labute approximate surface area is 324 Å². The average molecular weight is 739 g/mol. The predicted octanol–water partition coefficient (Wildman–Crippen LogP) is 10.3. The highest BCUT2D eigenvalue weighted by molar-refractivity contribution is 6.44. The van der Waals surface area contributed by atoms with Gasteiger partial charge in [0.15, 0.2) is 0 Å². The smallest absolute Gasteiger partial charge is 0.261 e. The molecular weight excluding hydrogens is 685 g/mol. The zero-order valence-corrected chi connectivity index (χ0v) is 32.9. The minimum Gasteiger partial charge on any atom is -0.371 e. The molecule has 2 fully saturated rings. The third-order valence-electron chi connectivity index (χ3n) is 13.0. The van der Waals surface area contributed by atoms with Crippen LogP contribution in [0.3, 0.4) is 0 Å². The van der Waals surface area contributed by atoms with Gasteiger partial charge in [0.25, 0.3) is 23.6 Å². The van der Waals surface area contributed by atoms with Crippen molar-refractivity contribution in [3.8, 4) is 0 Å². The summed E-state index contributed by atoms with van der Waals surface area (Å²) in [5.74, 6) is -0.148. The number of fused-ring (bicyclic) bond motifs is 2. The number of anilines is 2. The second-order valence-corrected chi connectivity index (χ2v) is 17.0. The van der Waals surface area contributed by atoms with Crippen molar-refractivity contribution in [2.24, 2.45) is 5.92 Å². The third kappa shape index (κ3) is 5.76. The maximum absolute atomic E-state index is 14.6. The normalized spacial score (nSPS) is 17.4. The van der Waals surface area contributed by atoms with Crippen molar-refractivity contribution in [3.63, 3.8) is 0 Å². The van der Waals surface area contributed by atoms with Crippen LogP contribution < -0.4 is 9.80 Å². The number of rotatable bonds is 14. The molecule has 5 aromatic carbocycles. The number of hydrogen-bond donors (Lipinski definition) is 0. The number of carbonyl (C=O) groups excluding carboxylic acids is 4. The van der Waals surface area contributed by atoms with E-state index in [9.17, 15) is 19.2 Å². The van der Waals surface area contributed by atoms with E-state index in [1.165, 1.54) is 22.6 Å². The fourth-order valence-electron chi connectivity index (χ4n) is 10.2. The maximum atomic E-state index is 14.6. The third-order valence-corrected chi connectivity index (χ3v) is 13.0. The van der Waals surface area contributed by atoms with Gasteiger partial charge in [-0.2, -0.15) is 0 Å². The first-order valence-electron chi connectivity index (χ1n) is 21.3. The molecule has 0 saturated carbocycles. The van der Waals surface area contributed by atoms with Crippen LogP contribution in [-0.4, -0.2) is 72.7 Å². The molecule has 0 bridgehead atoms. The largest absolute Gasteiger partial charge is 0.371 e. The molecule has 0 aliphatic carbocycles. The monoisotopic (exact) mass is 738 g/mol. The van der Waals surface area contributed by atoms with Crippen molar-refractivity contribution < 1.29 is 19.2 Å². The first kappa shape index (κ1) is 35.9. The van der Waals surface area contributed by atoms with Crippen LogP contribution >= 0.6 is 0 Å². The van der Waals surface area contributed by atoms with Crippen LogP contribution in [0.15, 0.2) is 36.4 Å². The lowest BCUT2D eigenvalue weighted by molar-refractivity contribution is 0.0592. The number of benzene rings is 5. The highest BCUT2D eigenvalue weighted by Crippen LogP contribution is 2.52. The molecule has 286 valence electrons. The van der Waals surface area contributed by atoms with E-state index >= 15 is 0 Å². The van der Waals surface area contributed by atoms with E-state index in [4.69, 9.17) is 0 Å². The summed E-state index contributed by atoms with van der Waals surface area (Å²) in [5.41, 5.74) is 4.40. The van der Waals surface area contributed by atoms with E-state index < -0.39 is 0 Å². The van der Waals surface area contributed by atoms with Crippen LogP contribution in [0.4, 0.5) is 11.4 Å². The Bertz CT molecular complexity index is 2370. The molecule has 0 aromatic heterocycles. The van der Waals surface area contributed by atoms with Crippen LogP contribution in [-0.2, 0) is 0 Å². The Hall–Kier alpha value is -4.72. The molecule has 4 aliphatic rings. The molecule has 0 radical (unpaired) electrons. The molecule has 8 nitrogen and oxygen atoms in total. The second kappa shape index (κ2) is 14.4. The fraction of sp³-hybridized carbons (Fsp3) is 0.489. The first-order chi connectivity index (χ1) is 26.8. The van der Waals surface area contributed by atoms with Crippen molar-refractivity contribution in [3.05, 3.63) is 58.7 Å². The van der Waals surface area contributed by atoms with Crippen LogP contribution in [0.5, 0.6) is 0 Å². The van der Waals surface area contributed by atoms with Gasteiger partial charge in [0.2, 0.25) is 0 Å². The molecule has 4 amide bonds. The topological polar surface area (TPSA) is 81.2 Å². The molecule has 8 heteroatoms. The molecule has 0 N–H and O–H groups in total. The molecule has 4 aliphatic heterocycles. The number of hydrogen-bond acceptors (Lipinski definition) is 6. The lowest BCUT2D eigenvalue weighted by Gasteiger charge is -2.33. The summed E-state index contributed by atoms with van der Waals surface area (Å²) in [6, 6.07) is 12.2. The van der Waals surface area contributed by atoms with E-state index in [-0.39, 0.29) is 23.6 Å². The van der Waals surface area contributed by atoms with Gasteiger partial charge in [-0.15, -0.1) is 0 Å². The van der Waals surface area contributed by atoms with E-state index in [1.807, 2.05) is 12.1 Å². The lowest BCUT2D eigenvalue weighted by Crippen LogP contribution is -2.41. The predicted molar refractivity (Wildman–Crippen MR) is 223 cm³/mol. The van der Waals surface area contributed by atoms with Crippen molar-refractivity contribution in [1.29, 1.82) is 0 Å². The SMILES string of the molecule is CCCCCCN1C(=O)c2ccc3c4c(N5CCCC5)cc5c6c(ccc(c7c(N8CCCC8)cc(c2c37)C1=O)c64)C(=O)N(CCCCCCC(C)C)C5=O. The summed E-state index contributed by atoms with van der Waals surface area (Å²) in [4.78, 5) is 65.5. The van der Waals surface area contributed by atoms with Crippen LogP contribution in [0, 0.1) is 5.92 Å². The molecule has 0 atom stereocenters. The minimum atomic E-state index is -0.215. The van der Waals surface area contributed by atoms with Crippen molar-refractivity contribution >= 4 is 78.1 Å². The Balaban J connectivity index is 1.27. The molecule has 0 spiro atoms. The zero-order valence-electron chi connectivity index (χ0n) is 32.9. The quantitative estimate of drug-likeness (QED) is 0.0488. The molecule has 55 heavy (non-hydrogen) atoms. The van der Waals surface area contributed by atoms with E-state index in [1.54, 1.807) is 0 Å². The van der Waals surface area contributed by atoms with Gasteiger partial charge in [-0.3, -0.25) is 29.0 Å². The molecule has 0 unspecified atom stereocenters. The van der Waals surface area contributed by atoms with Gasteiger partial charge in [0.1, 0.15) is 0 Å². The summed E-state index contributed by atoms with van der Waals surface area (Å²) in [6.07, 6.45) is 13.5. The number of unbranched alkanes of at least 4 members (excludes halogenated alkanes) is 6. The zero-order chi connectivity index (χ0) is 38.0. The first-order valence-corrected chi connectivity index (χ1v) is 21.3. The molecular formula is C47H54N4O4. The van der Waals surface area contributed by atoms with Crippen LogP contribution in [0.1, 0.15) is 146 Å². The van der Waals surface area contributed by atoms with Gasteiger partial charge < -0.3 is 9.80 Å². The summed E-state index contributed by atoms with van der Waals surface area (Å²) >= 11 is 0. The van der Waals surface area contributed by atoms with Gasteiger partial charge in [-0.1, -0.05) is 77.8 Å². The fourth-order valence-corrected chi connectivity index (χ4v) is 10.2. The second-order valence-electron chi connectivity index (χ2n) is 17.0. The highest BCUT2D eigenvalue weighted by Gasteiger charge is 2.39. The minimum absolute atomic E-state index is 0.199. The van der Waals surface area contributed by atoms with Crippen molar-refractivity contribution in [2.75, 3.05) is 49.1 Å². The lowest BCUT2D eigenvalue weighted by atomic mass is 9.80. The van der Waals surface area contributed by atoms with Gasteiger partial charge in [-0.25, -0.2) is 0 Å². The summed E-state index contributed by atoms with van der Waals surface area (Å²) in [6.45, 7) is 11.1. The van der Waals surface area contributed by atoms with Crippen molar-refractivity contribution in [2.45, 2.75) is 104 Å². The van der Waals surface area contributed by atoms with Gasteiger partial charge in [0, 0.05) is 94.1 Å². The summed E-state index contributed by atoms with van der Waals surface area (Å²) < 4.78 is 0. The molecule has 4 heterocycles. The van der Waals surface area contributed by atoms with E-state index in [2.05, 4.69) is 54.8 Å². The number of nitrogens with zero attached hydrogens (tertiary/aromatic N) is 4. The Morgan fingerprint density at radius 2 is 0.909 bits per heavy atom. The van der Waals surface area contributed by atoms with Gasteiger partial charge in [0.05, 0.1) is 11.1 Å². The summed E-state index contributed by atoms with van der Waals surface area (Å²) in [5, 5.41) is 7.39. The Morgan fingerprint density at radius 1 is 0.491 bits per heavy atom. The van der Waals surface area contributed by atoms with Gasteiger partial charge >= 0.3 is 0 Å². The standard InChI is InChI=1S/C47H54N4O4/c1-4-5-6-10-25-50-44(52)32-19-17-30-41-37(49-23-14-15-24-49)28-35-39-33(45(53)51(47(35)55)26-11-8-7-9-16-29(2)3)20-18-31(43(39)41)40-36(48-21-12-13-22-48)27-34(46(50)54)38(32)42(30)40/h17-20,27-29H,4-16,21-26H2,1-3H3. The van der Waals surface area contributed by atoms with E-state index in [0.29, 0.717) is 41.3 Å². The van der Waals surface area contributed by atoms with E-state index in [0.717, 1.165) is 151 Å². The number of amides is 4. The maximum Gasteiger partial charge on any atom is 0.261 e. The Kier molecular flexibility index (Phi) is 9.42. The van der Waals surface area contributed by atoms with Crippen LogP contribution in [0.25, 0.3) is 43.1 Å². The van der Waals surface area contributed by atoms with Gasteiger partial charge in [-0.05, 0) is 79.5 Å². The van der Waals surface area contributed by atoms with Crippen molar-refractivity contribution in [1.82, 2.24) is 9.80 Å². The molecule has 5 aromatic rings. The Morgan fingerprint density at radius 3 is 1.35 bits per heavy atom. The number of carbonyl (C=O) groups is 4. The van der Waals surface area contributed by atoms with Crippen LogP contribution in [0.2, 0.25) is 0 Å². The highest BCUT2D eigenvalue weighted by atomic mass is 16.2. The molecule has 9 rings (SSSR count).